The van der Waals surface area contributed by atoms with Gasteiger partial charge in [0.2, 0.25) is 0 Å². The molecule has 118 valence electrons. The number of hydrogen-bond donors (Lipinski definition) is 2. The lowest BCUT2D eigenvalue weighted by Crippen LogP contribution is -2.44. The maximum Gasteiger partial charge on any atom is 0.339 e. The van der Waals surface area contributed by atoms with Gasteiger partial charge in [0, 0.05) is 5.56 Å². The average Bonchev–Trinajstić information content (AvgIpc) is 2.95. The fraction of sp³-hybridized carbons (Fsp3) is 0.412. The summed E-state index contributed by atoms with van der Waals surface area (Å²) in [4.78, 5) is 23.9. The lowest BCUT2D eigenvalue weighted by molar-refractivity contribution is 0.0693. The van der Waals surface area contributed by atoms with Crippen molar-refractivity contribution in [3.05, 3.63) is 41.5 Å². The largest absolute Gasteiger partial charge is 0.496 e. The summed E-state index contributed by atoms with van der Waals surface area (Å²) in [7, 11) is 1.41. The minimum absolute atomic E-state index is 0.0164. The zero-order valence-electron chi connectivity index (χ0n) is 12.9. The fourth-order valence-electron chi connectivity index (χ4n) is 2.94. The lowest BCUT2D eigenvalue weighted by atomic mass is 9.96. The number of methoxy groups -OCH3 is 1. The van der Waals surface area contributed by atoms with E-state index in [-0.39, 0.29) is 22.8 Å². The molecule has 22 heavy (non-hydrogen) atoms. The van der Waals surface area contributed by atoms with E-state index in [4.69, 9.17) is 4.74 Å². The second-order valence-corrected chi connectivity index (χ2v) is 5.69. The van der Waals surface area contributed by atoms with Gasteiger partial charge in [-0.05, 0) is 37.5 Å². The van der Waals surface area contributed by atoms with Crippen LogP contribution in [0.2, 0.25) is 0 Å². The van der Waals surface area contributed by atoms with Gasteiger partial charge in [0.15, 0.2) is 0 Å². The predicted molar refractivity (Wildman–Crippen MR) is 83.6 cm³/mol. The van der Waals surface area contributed by atoms with E-state index in [2.05, 4.69) is 11.9 Å². The Balaban J connectivity index is 2.35. The molecule has 1 amide bonds. The number of carboxylic acids is 1. The first-order chi connectivity index (χ1) is 10.4. The molecule has 2 rings (SSSR count). The first kappa shape index (κ1) is 16.1. The van der Waals surface area contributed by atoms with Gasteiger partial charge in [0.1, 0.15) is 11.3 Å². The monoisotopic (exact) mass is 303 g/mol. The lowest BCUT2D eigenvalue weighted by Gasteiger charge is -2.27. The summed E-state index contributed by atoms with van der Waals surface area (Å²) in [5.74, 6) is -1.14. The number of aryl methyl sites for hydroxylation is 1. The number of benzene rings is 1. The first-order valence-electron chi connectivity index (χ1n) is 7.30. The van der Waals surface area contributed by atoms with Gasteiger partial charge in [0.25, 0.3) is 5.91 Å². The minimum atomic E-state index is -1.12. The van der Waals surface area contributed by atoms with Crippen molar-refractivity contribution in [1.82, 2.24) is 5.32 Å². The summed E-state index contributed by atoms with van der Waals surface area (Å²) in [6, 6.07) is 2.95. The maximum atomic E-state index is 12.6. The molecule has 5 heteroatoms. The molecule has 5 nitrogen and oxygen atoms in total. The molecule has 0 unspecified atom stereocenters. The highest BCUT2D eigenvalue weighted by atomic mass is 16.5. The average molecular weight is 303 g/mol. The molecule has 0 saturated heterocycles. The standard InChI is InChI=1S/C17H21NO4/c1-4-17(7-5-6-8-17)18-15(19)12-10-13(16(20)21)14(22-3)9-11(12)2/h4,9-10H,1,5-8H2,2-3H3,(H,18,19)(H,20,21). The van der Waals surface area contributed by atoms with Crippen molar-refractivity contribution in [2.45, 2.75) is 38.1 Å². The highest BCUT2D eigenvalue weighted by molar-refractivity contribution is 6.00. The van der Waals surface area contributed by atoms with E-state index in [1.165, 1.54) is 13.2 Å². The number of carbonyl (C=O) groups excluding carboxylic acids is 1. The summed E-state index contributed by atoms with van der Waals surface area (Å²) < 4.78 is 5.07. The van der Waals surface area contributed by atoms with E-state index in [1.807, 2.05) is 0 Å². The van der Waals surface area contributed by atoms with Crippen molar-refractivity contribution in [3.8, 4) is 5.75 Å². The number of nitrogens with one attached hydrogen (secondary N) is 1. The number of amides is 1. The highest BCUT2D eigenvalue weighted by Crippen LogP contribution is 2.31. The third kappa shape index (κ3) is 2.98. The number of rotatable bonds is 5. The summed E-state index contributed by atoms with van der Waals surface area (Å²) in [6.07, 6.45) is 5.61. The molecule has 1 aromatic rings. The van der Waals surface area contributed by atoms with Crippen LogP contribution in [0.1, 0.15) is 52.0 Å². The smallest absolute Gasteiger partial charge is 0.339 e. The quantitative estimate of drug-likeness (QED) is 0.820. The SMILES string of the molecule is C=CC1(NC(=O)c2cc(C(=O)O)c(OC)cc2C)CCCC1. The number of aromatic carboxylic acids is 1. The predicted octanol–water partition coefficient (Wildman–Crippen LogP) is 2.93. The van der Waals surface area contributed by atoms with Gasteiger partial charge in [-0.3, -0.25) is 4.79 Å². The summed E-state index contributed by atoms with van der Waals surface area (Å²) in [5, 5.41) is 12.3. The molecule has 0 atom stereocenters. The van der Waals surface area contributed by atoms with Crippen LogP contribution in [0.25, 0.3) is 0 Å². The van der Waals surface area contributed by atoms with Gasteiger partial charge in [-0.15, -0.1) is 6.58 Å². The maximum absolute atomic E-state index is 12.6. The molecule has 0 bridgehead atoms. The van der Waals surface area contributed by atoms with E-state index >= 15 is 0 Å². The molecule has 1 fully saturated rings. The van der Waals surface area contributed by atoms with E-state index in [0.717, 1.165) is 25.7 Å². The van der Waals surface area contributed by atoms with Crippen LogP contribution in [0.5, 0.6) is 5.75 Å². The van der Waals surface area contributed by atoms with E-state index in [9.17, 15) is 14.7 Å². The van der Waals surface area contributed by atoms with Crippen LogP contribution in [0.3, 0.4) is 0 Å². The molecule has 0 heterocycles. The van der Waals surface area contributed by atoms with Gasteiger partial charge >= 0.3 is 5.97 Å². The normalized spacial score (nSPS) is 16.1. The molecule has 1 saturated carbocycles. The van der Waals surface area contributed by atoms with Crippen molar-refractivity contribution >= 4 is 11.9 Å². The van der Waals surface area contributed by atoms with Crippen LogP contribution >= 0.6 is 0 Å². The zero-order chi connectivity index (χ0) is 16.3. The Morgan fingerprint density at radius 3 is 2.45 bits per heavy atom. The Morgan fingerprint density at radius 2 is 1.95 bits per heavy atom. The van der Waals surface area contributed by atoms with Crippen molar-refractivity contribution in [3.63, 3.8) is 0 Å². The molecule has 0 spiro atoms. The summed E-state index contributed by atoms with van der Waals surface area (Å²) in [5.41, 5.74) is 0.632. The number of ether oxygens (including phenoxy) is 1. The summed E-state index contributed by atoms with van der Waals surface area (Å²) in [6.45, 7) is 5.59. The third-order valence-electron chi connectivity index (χ3n) is 4.27. The van der Waals surface area contributed by atoms with E-state index < -0.39 is 5.97 Å². The second kappa shape index (κ2) is 6.22. The zero-order valence-corrected chi connectivity index (χ0v) is 12.9. The van der Waals surface area contributed by atoms with Crippen molar-refractivity contribution < 1.29 is 19.4 Å². The third-order valence-corrected chi connectivity index (χ3v) is 4.27. The Morgan fingerprint density at radius 1 is 1.32 bits per heavy atom. The Hall–Kier alpha value is -2.30. The molecule has 0 aliphatic heterocycles. The van der Waals surface area contributed by atoms with Crippen molar-refractivity contribution in [2.75, 3.05) is 7.11 Å². The Labute approximate surface area is 130 Å². The molecule has 1 aliphatic carbocycles. The minimum Gasteiger partial charge on any atom is -0.496 e. The number of carbonyl (C=O) groups is 2. The van der Waals surface area contributed by atoms with Gasteiger partial charge in [-0.1, -0.05) is 18.9 Å². The Bertz CT molecular complexity index is 615. The van der Waals surface area contributed by atoms with Crippen LogP contribution in [0.15, 0.2) is 24.8 Å². The molecule has 0 radical (unpaired) electrons. The van der Waals surface area contributed by atoms with Crippen LogP contribution in [0.4, 0.5) is 0 Å². The molecular formula is C17H21NO4. The first-order valence-corrected chi connectivity index (χ1v) is 7.30. The molecular weight excluding hydrogens is 282 g/mol. The van der Waals surface area contributed by atoms with Gasteiger partial charge in [-0.2, -0.15) is 0 Å². The topological polar surface area (TPSA) is 75.6 Å². The summed E-state index contributed by atoms with van der Waals surface area (Å²) >= 11 is 0. The van der Waals surface area contributed by atoms with Crippen molar-refractivity contribution in [1.29, 1.82) is 0 Å². The molecule has 1 aromatic carbocycles. The van der Waals surface area contributed by atoms with Crippen LogP contribution in [-0.4, -0.2) is 29.6 Å². The number of carboxylic acid groups (broad SMARTS) is 1. The van der Waals surface area contributed by atoms with Crippen LogP contribution < -0.4 is 10.1 Å². The van der Waals surface area contributed by atoms with Gasteiger partial charge in [-0.25, -0.2) is 4.79 Å². The van der Waals surface area contributed by atoms with Gasteiger partial charge < -0.3 is 15.2 Å². The fourth-order valence-corrected chi connectivity index (χ4v) is 2.94. The molecule has 0 aromatic heterocycles. The Kier molecular flexibility index (Phi) is 4.54. The number of hydrogen-bond acceptors (Lipinski definition) is 3. The second-order valence-electron chi connectivity index (χ2n) is 5.69. The van der Waals surface area contributed by atoms with Crippen LogP contribution in [-0.2, 0) is 0 Å². The van der Waals surface area contributed by atoms with E-state index in [0.29, 0.717) is 11.1 Å². The van der Waals surface area contributed by atoms with Crippen LogP contribution in [0, 0.1) is 6.92 Å². The molecule has 1 aliphatic rings. The van der Waals surface area contributed by atoms with Crippen molar-refractivity contribution in [2.24, 2.45) is 0 Å². The van der Waals surface area contributed by atoms with Gasteiger partial charge in [0.05, 0.1) is 12.6 Å². The molecule has 2 N–H and O–H groups in total. The highest BCUT2D eigenvalue weighted by Gasteiger charge is 2.33. The van der Waals surface area contributed by atoms with E-state index in [1.54, 1.807) is 19.1 Å².